The first-order valence-corrected chi connectivity index (χ1v) is 8.24. The molecular formula is C16H33N3O. The molecule has 2 unspecified atom stereocenters. The molecule has 2 fully saturated rings. The summed E-state index contributed by atoms with van der Waals surface area (Å²) in [5, 5.41) is 3.65. The molecule has 0 amide bonds. The standard InChI is InChI=1S/C16H33N3O/c1-14(2)17-11-16(6-5-9-20-13-16)12-19-8-7-18(4)15(3)10-19/h14-15,17H,5-13H2,1-4H3. The van der Waals surface area contributed by atoms with Crippen molar-refractivity contribution in [2.45, 2.75) is 45.7 Å². The lowest BCUT2D eigenvalue weighted by Gasteiger charge is -2.45. The van der Waals surface area contributed by atoms with Crippen LogP contribution in [0.2, 0.25) is 0 Å². The van der Waals surface area contributed by atoms with Gasteiger partial charge in [0.1, 0.15) is 0 Å². The van der Waals surface area contributed by atoms with Crippen LogP contribution in [0.1, 0.15) is 33.6 Å². The second-order valence-corrected chi connectivity index (χ2v) is 7.26. The number of ether oxygens (including phenoxy) is 1. The number of nitrogens with zero attached hydrogens (tertiary/aromatic N) is 2. The number of rotatable bonds is 5. The summed E-state index contributed by atoms with van der Waals surface area (Å²) in [7, 11) is 2.24. The second kappa shape index (κ2) is 7.21. The zero-order valence-corrected chi connectivity index (χ0v) is 13.8. The van der Waals surface area contributed by atoms with Crippen LogP contribution < -0.4 is 5.32 Å². The molecule has 1 N–H and O–H groups in total. The molecule has 0 aliphatic carbocycles. The van der Waals surface area contributed by atoms with E-state index in [1.807, 2.05) is 0 Å². The summed E-state index contributed by atoms with van der Waals surface area (Å²) in [6.45, 7) is 14.5. The smallest absolute Gasteiger partial charge is 0.0546 e. The number of nitrogens with one attached hydrogen (secondary N) is 1. The third kappa shape index (κ3) is 4.42. The molecule has 2 heterocycles. The van der Waals surface area contributed by atoms with E-state index >= 15 is 0 Å². The van der Waals surface area contributed by atoms with E-state index in [0.717, 1.165) is 19.8 Å². The first-order chi connectivity index (χ1) is 9.51. The minimum absolute atomic E-state index is 0.318. The fourth-order valence-corrected chi connectivity index (χ4v) is 3.39. The second-order valence-electron chi connectivity index (χ2n) is 7.26. The van der Waals surface area contributed by atoms with Crippen LogP contribution in [0.5, 0.6) is 0 Å². The molecule has 0 aromatic carbocycles. The Labute approximate surface area is 124 Å². The highest BCUT2D eigenvalue weighted by Gasteiger charge is 2.36. The zero-order valence-electron chi connectivity index (χ0n) is 13.8. The van der Waals surface area contributed by atoms with Gasteiger partial charge in [0.15, 0.2) is 0 Å². The van der Waals surface area contributed by atoms with Gasteiger partial charge < -0.3 is 15.0 Å². The monoisotopic (exact) mass is 283 g/mol. The molecule has 2 aliphatic rings. The Kier molecular flexibility index (Phi) is 5.84. The van der Waals surface area contributed by atoms with Crippen molar-refractivity contribution in [3.05, 3.63) is 0 Å². The van der Waals surface area contributed by atoms with E-state index in [9.17, 15) is 0 Å². The highest BCUT2D eigenvalue weighted by atomic mass is 16.5. The molecule has 2 rings (SSSR count). The predicted molar refractivity (Wildman–Crippen MR) is 84.2 cm³/mol. The van der Waals surface area contributed by atoms with Crippen molar-refractivity contribution < 1.29 is 4.74 Å². The van der Waals surface area contributed by atoms with E-state index in [-0.39, 0.29) is 0 Å². The minimum Gasteiger partial charge on any atom is -0.381 e. The van der Waals surface area contributed by atoms with Crippen molar-refractivity contribution in [2.24, 2.45) is 5.41 Å². The van der Waals surface area contributed by atoms with Crippen LogP contribution in [0.3, 0.4) is 0 Å². The molecule has 20 heavy (non-hydrogen) atoms. The largest absolute Gasteiger partial charge is 0.381 e. The van der Waals surface area contributed by atoms with Crippen molar-refractivity contribution in [3.63, 3.8) is 0 Å². The number of hydrogen-bond donors (Lipinski definition) is 1. The van der Waals surface area contributed by atoms with Crippen molar-refractivity contribution in [1.29, 1.82) is 0 Å². The summed E-state index contributed by atoms with van der Waals surface area (Å²) in [6, 6.07) is 1.23. The summed E-state index contributed by atoms with van der Waals surface area (Å²) in [6.07, 6.45) is 2.51. The van der Waals surface area contributed by atoms with Gasteiger partial charge in [-0.15, -0.1) is 0 Å². The maximum atomic E-state index is 5.83. The van der Waals surface area contributed by atoms with E-state index < -0.39 is 0 Å². The third-order valence-electron chi connectivity index (χ3n) is 4.89. The van der Waals surface area contributed by atoms with Gasteiger partial charge in [0.2, 0.25) is 0 Å². The Bertz CT molecular complexity index is 289. The molecule has 0 radical (unpaired) electrons. The van der Waals surface area contributed by atoms with Crippen molar-refractivity contribution in [1.82, 2.24) is 15.1 Å². The Morgan fingerprint density at radius 3 is 2.75 bits per heavy atom. The summed E-state index contributed by atoms with van der Waals surface area (Å²) in [5.41, 5.74) is 0.318. The maximum absolute atomic E-state index is 5.83. The Morgan fingerprint density at radius 2 is 2.15 bits per heavy atom. The van der Waals surface area contributed by atoms with E-state index in [1.165, 1.54) is 39.0 Å². The predicted octanol–water partition coefficient (Wildman–Crippen LogP) is 1.42. The van der Waals surface area contributed by atoms with E-state index in [2.05, 4.69) is 42.9 Å². The van der Waals surface area contributed by atoms with Gasteiger partial charge in [-0.05, 0) is 26.8 Å². The lowest BCUT2D eigenvalue weighted by atomic mass is 9.81. The van der Waals surface area contributed by atoms with Crippen LogP contribution >= 0.6 is 0 Å². The minimum atomic E-state index is 0.318. The zero-order chi connectivity index (χ0) is 14.6. The molecule has 0 saturated carbocycles. The molecule has 0 bridgehead atoms. The van der Waals surface area contributed by atoms with Crippen molar-refractivity contribution in [2.75, 3.05) is 53.0 Å². The Hall–Kier alpha value is -0.160. The lowest BCUT2D eigenvalue weighted by molar-refractivity contribution is -0.0369. The van der Waals surface area contributed by atoms with Gasteiger partial charge in [-0.1, -0.05) is 13.8 Å². The van der Waals surface area contributed by atoms with E-state index in [0.29, 0.717) is 17.5 Å². The number of likely N-dealkylation sites (N-methyl/N-ethyl adjacent to an activating group) is 1. The van der Waals surface area contributed by atoms with Crippen LogP contribution in [-0.2, 0) is 4.74 Å². The molecule has 4 nitrogen and oxygen atoms in total. The van der Waals surface area contributed by atoms with Crippen LogP contribution in [0.15, 0.2) is 0 Å². The SMILES string of the molecule is CC(C)NCC1(CN2CCN(C)C(C)C2)CCCOC1. The maximum Gasteiger partial charge on any atom is 0.0546 e. The first kappa shape index (κ1) is 16.2. The number of hydrogen-bond acceptors (Lipinski definition) is 4. The summed E-state index contributed by atoms with van der Waals surface area (Å²) in [4.78, 5) is 5.12. The van der Waals surface area contributed by atoms with Gasteiger partial charge in [0, 0.05) is 56.8 Å². The fraction of sp³-hybridized carbons (Fsp3) is 1.00. The van der Waals surface area contributed by atoms with Gasteiger partial charge in [0.05, 0.1) is 6.61 Å². The topological polar surface area (TPSA) is 27.7 Å². The van der Waals surface area contributed by atoms with Crippen LogP contribution in [0.25, 0.3) is 0 Å². The molecule has 0 aromatic rings. The van der Waals surface area contributed by atoms with E-state index in [4.69, 9.17) is 4.74 Å². The van der Waals surface area contributed by atoms with Gasteiger partial charge in [-0.3, -0.25) is 4.90 Å². The molecule has 2 saturated heterocycles. The molecule has 2 aliphatic heterocycles. The van der Waals surface area contributed by atoms with Crippen LogP contribution in [0, 0.1) is 5.41 Å². The van der Waals surface area contributed by atoms with Gasteiger partial charge >= 0.3 is 0 Å². The average molecular weight is 283 g/mol. The Morgan fingerprint density at radius 1 is 1.35 bits per heavy atom. The highest BCUT2D eigenvalue weighted by Crippen LogP contribution is 2.30. The molecule has 2 atom stereocenters. The molecule has 0 aromatic heterocycles. The normalized spacial score (nSPS) is 33.8. The highest BCUT2D eigenvalue weighted by molar-refractivity contribution is 4.90. The van der Waals surface area contributed by atoms with Crippen molar-refractivity contribution >= 4 is 0 Å². The van der Waals surface area contributed by atoms with Gasteiger partial charge in [-0.25, -0.2) is 0 Å². The number of piperazine rings is 1. The lowest BCUT2D eigenvalue weighted by Crippen LogP contribution is -2.56. The summed E-state index contributed by atoms with van der Waals surface area (Å²) >= 11 is 0. The molecular weight excluding hydrogens is 250 g/mol. The van der Waals surface area contributed by atoms with Crippen LogP contribution in [0.4, 0.5) is 0 Å². The first-order valence-electron chi connectivity index (χ1n) is 8.24. The van der Waals surface area contributed by atoms with Crippen LogP contribution in [-0.4, -0.2) is 74.9 Å². The molecule has 0 spiro atoms. The molecule has 118 valence electrons. The van der Waals surface area contributed by atoms with Crippen molar-refractivity contribution in [3.8, 4) is 0 Å². The van der Waals surface area contributed by atoms with Gasteiger partial charge in [0.25, 0.3) is 0 Å². The van der Waals surface area contributed by atoms with Gasteiger partial charge in [-0.2, -0.15) is 0 Å². The third-order valence-corrected chi connectivity index (χ3v) is 4.89. The Balaban J connectivity index is 1.93. The average Bonchev–Trinajstić information content (AvgIpc) is 2.42. The molecule has 4 heteroatoms. The van der Waals surface area contributed by atoms with E-state index in [1.54, 1.807) is 0 Å². The summed E-state index contributed by atoms with van der Waals surface area (Å²) in [5.74, 6) is 0. The fourth-order valence-electron chi connectivity index (χ4n) is 3.39. The quantitative estimate of drug-likeness (QED) is 0.826. The summed E-state index contributed by atoms with van der Waals surface area (Å²) < 4.78 is 5.83.